The molecule has 5 heteroatoms. The van der Waals surface area contributed by atoms with Crippen LogP contribution < -0.4 is 10.1 Å². The molecule has 1 heterocycles. The van der Waals surface area contributed by atoms with E-state index >= 15 is 0 Å². The molecule has 1 atom stereocenters. The molecule has 0 aliphatic carbocycles. The first-order chi connectivity index (χ1) is 8.63. The summed E-state index contributed by atoms with van der Waals surface area (Å²) in [7, 11) is 1.58. The number of carbonyl (C=O) groups is 1. The minimum Gasteiger partial charge on any atom is -0.493 e. The minimum atomic E-state index is -0.325. The van der Waals surface area contributed by atoms with Gasteiger partial charge < -0.3 is 15.0 Å². The zero-order valence-electron chi connectivity index (χ0n) is 11.4. The first-order valence-electron chi connectivity index (χ1n) is 6.18. The number of pyridine rings is 1. The molecule has 0 bridgehead atoms. The number of nitrogens with one attached hydrogen (secondary N) is 1. The molecule has 0 aromatic carbocycles. The van der Waals surface area contributed by atoms with E-state index in [4.69, 9.17) is 4.74 Å². The number of rotatable bonds is 6. The predicted molar refractivity (Wildman–Crippen MR) is 71.8 cm³/mol. The van der Waals surface area contributed by atoms with E-state index in [0.717, 1.165) is 0 Å². The molecule has 1 unspecified atom stereocenters. The zero-order valence-corrected chi connectivity index (χ0v) is 11.4. The fourth-order valence-electron chi connectivity index (χ4n) is 1.74. The highest BCUT2D eigenvalue weighted by Crippen LogP contribution is 2.20. The van der Waals surface area contributed by atoms with E-state index in [1.807, 2.05) is 26.8 Å². The van der Waals surface area contributed by atoms with Crippen LogP contribution >= 0.6 is 0 Å². The second kappa shape index (κ2) is 6.83. The highest BCUT2D eigenvalue weighted by molar-refractivity contribution is 5.84. The van der Waals surface area contributed by atoms with Crippen LogP contribution in [0.3, 0.4) is 0 Å². The lowest BCUT2D eigenvalue weighted by Gasteiger charge is -2.24. The van der Waals surface area contributed by atoms with Crippen molar-refractivity contribution < 1.29 is 9.53 Å². The summed E-state index contributed by atoms with van der Waals surface area (Å²) >= 11 is 0. The Balaban J connectivity index is 2.74. The van der Waals surface area contributed by atoms with Gasteiger partial charge in [-0.1, -0.05) is 0 Å². The van der Waals surface area contributed by atoms with Crippen molar-refractivity contribution in [3.05, 3.63) is 18.3 Å². The van der Waals surface area contributed by atoms with Gasteiger partial charge in [0.05, 0.1) is 7.11 Å². The van der Waals surface area contributed by atoms with Crippen molar-refractivity contribution in [3.8, 4) is 5.75 Å². The summed E-state index contributed by atoms with van der Waals surface area (Å²) in [6.07, 6.45) is 1.67. The van der Waals surface area contributed by atoms with Gasteiger partial charge in [-0.25, -0.2) is 4.98 Å². The fourth-order valence-corrected chi connectivity index (χ4v) is 1.74. The Bertz CT molecular complexity index is 392. The van der Waals surface area contributed by atoms with Crippen LogP contribution in [0.25, 0.3) is 0 Å². The number of aromatic nitrogens is 1. The number of amides is 1. The predicted octanol–water partition coefficient (Wildman–Crippen LogP) is 1.76. The molecule has 0 saturated heterocycles. The van der Waals surface area contributed by atoms with Crippen molar-refractivity contribution in [2.75, 3.05) is 25.5 Å². The van der Waals surface area contributed by atoms with Crippen molar-refractivity contribution in [3.63, 3.8) is 0 Å². The van der Waals surface area contributed by atoms with Gasteiger partial charge in [-0.2, -0.15) is 0 Å². The van der Waals surface area contributed by atoms with Crippen molar-refractivity contribution >= 4 is 11.7 Å². The Labute approximate surface area is 108 Å². The number of hydrogen-bond acceptors (Lipinski definition) is 4. The number of likely N-dealkylation sites (N-methyl/N-ethyl adjacent to an activating group) is 1. The van der Waals surface area contributed by atoms with Crippen molar-refractivity contribution in [2.24, 2.45) is 0 Å². The molecule has 0 aliphatic rings. The molecule has 0 aliphatic heterocycles. The second-order valence-corrected chi connectivity index (χ2v) is 3.93. The van der Waals surface area contributed by atoms with E-state index in [1.165, 1.54) is 0 Å². The molecule has 100 valence electrons. The number of ether oxygens (including phenoxy) is 1. The maximum Gasteiger partial charge on any atom is 0.244 e. The molecule has 5 nitrogen and oxygen atoms in total. The van der Waals surface area contributed by atoms with E-state index in [9.17, 15) is 4.79 Å². The van der Waals surface area contributed by atoms with Gasteiger partial charge in [-0.05, 0) is 32.9 Å². The lowest BCUT2D eigenvalue weighted by Crippen LogP contribution is -2.41. The number of anilines is 1. The van der Waals surface area contributed by atoms with Gasteiger partial charge in [0.25, 0.3) is 0 Å². The summed E-state index contributed by atoms with van der Waals surface area (Å²) in [6, 6.07) is 3.28. The summed E-state index contributed by atoms with van der Waals surface area (Å²) in [5.41, 5.74) is 0. The van der Waals surface area contributed by atoms with Crippen LogP contribution in [0.4, 0.5) is 5.82 Å². The van der Waals surface area contributed by atoms with Gasteiger partial charge in [-0.3, -0.25) is 4.79 Å². The quantitative estimate of drug-likeness (QED) is 0.837. The maximum atomic E-state index is 12.1. The van der Waals surface area contributed by atoms with Crippen molar-refractivity contribution in [1.29, 1.82) is 0 Å². The monoisotopic (exact) mass is 251 g/mol. The van der Waals surface area contributed by atoms with Gasteiger partial charge in [-0.15, -0.1) is 0 Å². The van der Waals surface area contributed by atoms with Crippen molar-refractivity contribution in [1.82, 2.24) is 9.88 Å². The lowest BCUT2D eigenvalue weighted by atomic mass is 10.2. The molecular formula is C13H21N3O2. The Morgan fingerprint density at radius 1 is 1.50 bits per heavy atom. The van der Waals surface area contributed by atoms with E-state index < -0.39 is 0 Å². The standard InChI is InChI=1S/C13H21N3O2/c1-5-16(6-2)13(17)10(3)15-12-11(18-4)8-7-9-14-12/h7-10H,5-6H2,1-4H3,(H,14,15). The first-order valence-corrected chi connectivity index (χ1v) is 6.18. The van der Waals surface area contributed by atoms with E-state index in [-0.39, 0.29) is 11.9 Å². The third kappa shape index (κ3) is 3.35. The van der Waals surface area contributed by atoms with Crippen LogP contribution in [0.15, 0.2) is 18.3 Å². The normalized spacial score (nSPS) is 11.8. The number of hydrogen-bond donors (Lipinski definition) is 1. The highest BCUT2D eigenvalue weighted by Gasteiger charge is 2.19. The van der Waals surface area contributed by atoms with Gasteiger partial charge in [0, 0.05) is 19.3 Å². The van der Waals surface area contributed by atoms with Crippen LogP contribution in [0, 0.1) is 0 Å². The largest absolute Gasteiger partial charge is 0.493 e. The summed E-state index contributed by atoms with van der Waals surface area (Å²) < 4.78 is 5.19. The first kappa shape index (κ1) is 14.3. The third-order valence-electron chi connectivity index (χ3n) is 2.79. The second-order valence-electron chi connectivity index (χ2n) is 3.93. The van der Waals surface area contributed by atoms with Crippen LogP contribution in [-0.2, 0) is 4.79 Å². The van der Waals surface area contributed by atoms with Crippen LogP contribution in [-0.4, -0.2) is 42.0 Å². The SMILES string of the molecule is CCN(CC)C(=O)C(C)Nc1ncccc1OC. The van der Waals surface area contributed by atoms with Crippen LogP contribution in [0.5, 0.6) is 5.75 Å². The van der Waals surface area contributed by atoms with Crippen molar-refractivity contribution in [2.45, 2.75) is 26.8 Å². The molecule has 1 rings (SSSR count). The van der Waals surface area contributed by atoms with Gasteiger partial charge in [0.1, 0.15) is 6.04 Å². The third-order valence-corrected chi connectivity index (χ3v) is 2.79. The Hall–Kier alpha value is -1.78. The number of nitrogens with zero attached hydrogens (tertiary/aromatic N) is 2. The summed E-state index contributed by atoms with van der Waals surface area (Å²) in [5.74, 6) is 1.29. The molecule has 1 aromatic rings. The Morgan fingerprint density at radius 2 is 2.17 bits per heavy atom. The summed E-state index contributed by atoms with van der Waals surface area (Å²) in [5, 5.41) is 3.08. The van der Waals surface area contributed by atoms with Gasteiger partial charge in [0.15, 0.2) is 11.6 Å². The fraction of sp³-hybridized carbons (Fsp3) is 0.538. The van der Waals surface area contributed by atoms with E-state index in [0.29, 0.717) is 24.7 Å². The molecule has 1 amide bonds. The number of methoxy groups -OCH3 is 1. The molecule has 0 saturated carbocycles. The van der Waals surface area contributed by atoms with E-state index in [2.05, 4.69) is 10.3 Å². The van der Waals surface area contributed by atoms with Crippen LogP contribution in [0.2, 0.25) is 0 Å². The molecule has 0 fully saturated rings. The molecule has 18 heavy (non-hydrogen) atoms. The zero-order chi connectivity index (χ0) is 13.5. The molecular weight excluding hydrogens is 230 g/mol. The van der Waals surface area contributed by atoms with Crippen LogP contribution in [0.1, 0.15) is 20.8 Å². The molecule has 0 spiro atoms. The number of carbonyl (C=O) groups excluding carboxylic acids is 1. The average molecular weight is 251 g/mol. The summed E-state index contributed by atoms with van der Waals surface area (Å²) in [4.78, 5) is 18.1. The maximum absolute atomic E-state index is 12.1. The molecule has 1 N–H and O–H groups in total. The van der Waals surface area contributed by atoms with Gasteiger partial charge in [0.2, 0.25) is 5.91 Å². The van der Waals surface area contributed by atoms with E-state index in [1.54, 1.807) is 24.3 Å². The summed E-state index contributed by atoms with van der Waals surface area (Å²) in [6.45, 7) is 7.18. The lowest BCUT2D eigenvalue weighted by molar-refractivity contribution is -0.131. The van der Waals surface area contributed by atoms with Gasteiger partial charge >= 0.3 is 0 Å². The Kier molecular flexibility index (Phi) is 5.42. The minimum absolute atomic E-state index is 0.0627. The average Bonchev–Trinajstić information content (AvgIpc) is 2.40. The highest BCUT2D eigenvalue weighted by atomic mass is 16.5. The smallest absolute Gasteiger partial charge is 0.244 e. The molecule has 0 radical (unpaired) electrons. The Morgan fingerprint density at radius 3 is 2.72 bits per heavy atom. The topological polar surface area (TPSA) is 54.5 Å². The molecule has 1 aromatic heterocycles.